The number of rotatable bonds is 6. The van der Waals surface area contributed by atoms with Crippen LogP contribution in [-0.2, 0) is 4.79 Å². The number of nitrogens with zero attached hydrogens (tertiary/aromatic N) is 6. The van der Waals surface area contributed by atoms with E-state index in [4.69, 9.17) is 12.2 Å². The number of anilines is 2. The summed E-state index contributed by atoms with van der Waals surface area (Å²) >= 11 is 5.89. The molecule has 10 heteroatoms. The van der Waals surface area contributed by atoms with Crippen molar-refractivity contribution in [1.82, 2.24) is 29.9 Å². The lowest BCUT2D eigenvalue weighted by atomic mass is 9.96. The van der Waals surface area contributed by atoms with E-state index in [1.54, 1.807) is 18.9 Å². The van der Waals surface area contributed by atoms with Gasteiger partial charge in [0.05, 0.1) is 17.8 Å². The molecular formula is C26H28N8OS. The van der Waals surface area contributed by atoms with Gasteiger partial charge in [-0.25, -0.2) is 4.68 Å². The lowest BCUT2D eigenvalue weighted by Crippen LogP contribution is -2.29. The van der Waals surface area contributed by atoms with Gasteiger partial charge in [-0.15, -0.1) is 10.2 Å². The van der Waals surface area contributed by atoms with Crippen molar-refractivity contribution in [3.05, 3.63) is 89.5 Å². The summed E-state index contributed by atoms with van der Waals surface area (Å²) in [5.41, 5.74) is 6.83. The molecule has 4 aromatic rings. The molecule has 2 N–H and O–H groups in total. The molecule has 0 saturated carbocycles. The van der Waals surface area contributed by atoms with Crippen molar-refractivity contribution in [3.63, 3.8) is 0 Å². The first-order chi connectivity index (χ1) is 17.4. The van der Waals surface area contributed by atoms with E-state index in [1.807, 2.05) is 48.9 Å². The SMILES string of the molecule is CCC(=O)Nc1ccc(N2C(=S)N[C@@H](c3ccccn3)[C@@H]2c2cc(C)n(-n3cnnc3)c2C)cc1C. The summed E-state index contributed by atoms with van der Waals surface area (Å²) in [6, 6.07) is 13.8. The van der Waals surface area contributed by atoms with Crippen molar-refractivity contribution in [2.45, 2.75) is 46.2 Å². The third-order valence-electron chi connectivity index (χ3n) is 6.57. The normalized spacial score (nSPS) is 17.3. The third kappa shape index (κ3) is 4.13. The van der Waals surface area contributed by atoms with Crippen LogP contribution < -0.4 is 15.5 Å². The monoisotopic (exact) mass is 500 g/mol. The highest BCUT2D eigenvalue weighted by Gasteiger charge is 2.42. The molecule has 1 fully saturated rings. The van der Waals surface area contributed by atoms with Crippen LogP contribution in [-0.4, -0.2) is 35.6 Å². The number of amides is 1. The Bertz CT molecular complexity index is 1410. The Morgan fingerprint density at radius 3 is 2.56 bits per heavy atom. The Morgan fingerprint density at radius 1 is 1.11 bits per heavy atom. The van der Waals surface area contributed by atoms with Crippen LogP contribution in [0.2, 0.25) is 0 Å². The molecule has 3 aromatic heterocycles. The Balaban J connectivity index is 1.62. The number of carbonyl (C=O) groups excluding carboxylic acids is 1. The molecule has 9 nitrogen and oxygen atoms in total. The molecular weight excluding hydrogens is 472 g/mol. The van der Waals surface area contributed by atoms with E-state index in [-0.39, 0.29) is 18.0 Å². The molecule has 1 aliphatic rings. The van der Waals surface area contributed by atoms with Gasteiger partial charge in [0.25, 0.3) is 0 Å². The topological polar surface area (TPSA) is 92.9 Å². The van der Waals surface area contributed by atoms with Gasteiger partial charge in [0.1, 0.15) is 12.7 Å². The van der Waals surface area contributed by atoms with E-state index < -0.39 is 0 Å². The highest BCUT2D eigenvalue weighted by Crippen LogP contribution is 2.43. The van der Waals surface area contributed by atoms with E-state index in [2.05, 4.69) is 61.4 Å². The first kappa shape index (κ1) is 23.7. The second-order valence-electron chi connectivity index (χ2n) is 8.88. The lowest BCUT2D eigenvalue weighted by molar-refractivity contribution is -0.115. The van der Waals surface area contributed by atoms with Crippen LogP contribution in [0.25, 0.3) is 0 Å². The zero-order valence-electron chi connectivity index (χ0n) is 20.6. The van der Waals surface area contributed by atoms with Gasteiger partial charge >= 0.3 is 0 Å². The van der Waals surface area contributed by atoms with Crippen molar-refractivity contribution < 1.29 is 4.79 Å². The summed E-state index contributed by atoms with van der Waals surface area (Å²) in [6.07, 6.45) is 5.59. The molecule has 1 aliphatic heterocycles. The number of aryl methyl sites for hydroxylation is 2. The van der Waals surface area contributed by atoms with Crippen LogP contribution in [0, 0.1) is 20.8 Å². The first-order valence-corrected chi connectivity index (χ1v) is 12.2. The van der Waals surface area contributed by atoms with E-state index >= 15 is 0 Å². The van der Waals surface area contributed by atoms with Crippen molar-refractivity contribution in [2.24, 2.45) is 0 Å². The fourth-order valence-corrected chi connectivity index (χ4v) is 5.20. The van der Waals surface area contributed by atoms with Crippen LogP contribution in [0.3, 0.4) is 0 Å². The summed E-state index contributed by atoms with van der Waals surface area (Å²) in [5, 5.41) is 15.1. The largest absolute Gasteiger partial charge is 0.351 e. The summed E-state index contributed by atoms with van der Waals surface area (Å²) in [7, 11) is 0. The molecule has 0 unspecified atom stereocenters. The number of benzene rings is 1. The molecule has 1 saturated heterocycles. The van der Waals surface area contributed by atoms with Crippen LogP contribution in [0.5, 0.6) is 0 Å². The number of carbonyl (C=O) groups is 1. The number of aromatic nitrogens is 5. The number of pyridine rings is 1. The molecule has 36 heavy (non-hydrogen) atoms. The Morgan fingerprint density at radius 2 is 1.89 bits per heavy atom. The predicted molar refractivity (Wildman–Crippen MR) is 143 cm³/mol. The molecule has 0 radical (unpaired) electrons. The molecule has 1 amide bonds. The number of thiocarbonyl (C=S) groups is 1. The quantitative estimate of drug-likeness (QED) is 0.383. The first-order valence-electron chi connectivity index (χ1n) is 11.8. The number of hydrogen-bond acceptors (Lipinski definition) is 5. The standard InChI is InChI=1S/C26H28N8OS/c1-5-23(35)30-21-10-9-19(12-16(21)2)33-25(24(31-26(33)36)22-8-6-7-11-27-22)20-13-17(3)34(18(20)4)32-14-28-29-15-32/h6-15,24-25H,5H2,1-4H3,(H,30,35)(H,31,36)/t24-,25-/m0/s1. The van der Waals surface area contributed by atoms with Crippen LogP contribution in [0.15, 0.2) is 61.3 Å². The Hall–Kier alpha value is -4.05. The predicted octanol–water partition coefficient (Wildman–Crippen LogP) is 4.24. The van der Waals surface area contributed by atoms with Gasteiger partial charge in [-0.2, -0.15) is 0 Å². The van der Waals surface area contributed by atoms with Crippen molar-refractivity contribution >= 4 is 34.6 Å². The number of hydrogen-bond donors (Lipinski definition) is 2. The lowest BCUT2D eigenvalue weighted by Gasteiger charge is -2.28. The van der Waals surface area contributed by atoms with E-state index in [0.29, 0.717) is 11.5 Å². The maximum absolute atomic E-state index is 12.0. The second-order valence-corrected chi connectivity index (χ2v) is 9.26. The minimum Gasteiger partial charge on any atom is -0.351 e. The van der Waals surface area contributed by atoms with Gasteiger partial charge in [0, 0.05) is 40.9 Å². The number of nitrogens with one attached hydrogen (secondary N) is 2. The Kier molecular flexibility index (Phi) is 6.27. The van der Waals surface area contributed by atoms with Crippen LogP contribution in [0.1, 0.15) is 53.6 Å². The highest BCUT2D eigenvalue weighted by atomic mass is 32.1. The van der Waals surface area contributed by atoms with Gasteiger partial charge in [-0.1, -0.05) is 13.0 Å². The fraction of sp³-hybridized carbons (Fsp3) is 0.269. The van der Waals surface area contributed by atoms with Crippen LogP contribution in [0.4, 0.5) is 11.4 Å². The molecule has 5 rings (SSSR count). The highest BCUT2D eigenvalue weighted by molar-refractivity contribution is 7.80. The second kappa shape index (κ2) is 9.54. The van der Waals surface area contributed by atoms with Crippen molar-refractivity contribution in [3.8, 4) is 0 Å². The van der Waals surface area contributed by atoms with Gasteiger partial charge in [0.15, 0.2) is 5.11 Å². The maximum atomic E-state index is 12.0. The maximum Gasteiger partial charge on any atom is 0.224 e. The van der Waals surface area contributed by atoms with Gasteiger partial charge in [0.2, 0.25) is 5.91 Å². The van der Waals surface area contributed by atoms with Crippen molar-refractivity contribution in [2.75, 3.05) is 10.2 Å². The smallest absolute Gasteiger partial charge is 0.224 e. The molecule has 2 atom stereocenters. The summed E-state index contributed by atoms with van der Waals surface area (Å²) in [6.45, 7) is 7.98. The van der Waals surface area contributed by atoms with Crippen molar-refractivity contribution in [1.29, 1.82) is 0 Å². The van der Waals surface area contributed by atoms with E-state index in [9.17, 15) is 4.79 Å². The minimum atomic E-state index is -0.159. The Labute approximate surface area is 215 Å². The van der Waals surface area contributed by atoms with Gasteiger partial charge in [-0.3, -0.25) is 14.5 Å². The average Bonchev–Trinajstić information content (AvgIpc) is 3.58. The zero-order chi connectivity index (χ0) is 25.4. The van der Waals surface area contributed by atoms with E-state index in [1.165, 1.54) is 0 Å². The molecule has 0 spiro atoms. The fourth-order valence-electron chi connectivity index (χ4n) is 4.86. The summed E-state index contributed by atoms with van der Waals surface area (Å²) < 4.78 is 3.95. The molecule has 0 aliphatic carbocycles. The van der Waals surface area contributed by atoms with Gasteiger partial charge in [-0.05, 0) is 75.0 Å². The minimum absolute atomic E-state index is 0.0151. The third-order valence-corrected chi connectivity index (χ3v) is 6.89. The molecule has 0 bridgehead atoms. The van der Waals surface area contributed by atoms with Gasteiger partial charge < -0.3 is 15.5 Å². The van der Waals surface area contributed by atoms with E-state index in [0.717, 1.165) is 39.6 Å². The average molecular weight is 501 g/mol. The zero-order valence-corrected chi connectivity index (χ0v) is 21.5. The molecule has 4 heterocycles. The van der Waals surface area contributed by atoms with Crippen LogP contribution >= 0.6 is 12.2 Å². The molecule has 1 aromatic carbocycles. The molecule has 184 valence electrons. The summed E-state index contributed by atoms with van der Waals surface area (Å²) in [4.78, 5) is 18.8. The summed E-state index contributed by atoms with van der Waals surface area (Å²) in [5.74, 6) is -0.0151.